The molecule has 1 amide bonds. The van der Waals surface area contributed by atoms with Crippen LogP contribution in [0.4, 0.5) is 0 Å². The fourth-order valence-corrected chi connectivity index (χ4v) is 3.50. The molecule has 0 radical (unpaired) electrons. The molecule has 24 heavy (non-hydrogen) atoms. The first-order valence-electron chi connectivity index (χ1n) is 8.36. The van der Waals surface area contributed by atoms with Crippen LogP contribution in [0, 0.1) is 0 Å². The predicted molar refractivity (Wildman–Crippen MR) is 93.5 cm³/mol. The highest BCUT2D eigenvalue weighted by molar-refractivity contribution is 5.83. The summed E-state index contributed by atoms with van der Waals surface area (Å²) in [5.74, 6) is 1.16. The molecule has 0 spiro atoms. The Kier molecular flexibility index (Phi) is 3.76. The second kappa shape index (κ2) is 6.07. The molecule has 0 aliphatic carbocycles. The van der Waals surface area contributed by atoms with Crippen molar-refractivity contribution in [1.82, 2.24) is 19.4 Å². The quantitative estimate of drug-likeness (QED) is 0.728. The van der Waals surface area contributed by atoms with Gasteiger partial charge in [-0.05, 0) is 37.1 Å². The van der Waals surface area contributed by atoms with Gasteiger partial charge in [0.15, 0.2) is 0 Å². The number of piperidine rings is 1. The molecule has 0 unspecified atom stereocenters. The van der Waals surface area contributed by atoms with Gasteiger partial charge >= 0.3 is 0 Å². The molecule has 122 valence electrons. The number of rotatable bonds is 2. The fraction of sp³-hybridized carbons (Fsp3) is 0.316. The number of likely N-dealkylation sites (tertiary alicyclic amines) is 1. The second-order valence-corrected chi connectivity index (χ2v) is 6.31. The zero-order valence-electron chi connectivity index (χ0n) is 13.7. The van der Waals surface area contributed by atoms with Gasteiger partial charge in [-0.3, -0.25) is 9.78 Å². The average Bonchev–Trinajstić information content (AvgIpc) is 3.11. The second-order valence-electron chi connectivity index (χ2n) is 6.31. The molecule has 0 saturated carbocycles. The van der Waals surface area contributed by atoms with Crippen molar-refractivity contribution in [2.45, 2.75) is 25.8 Å². The summed E-state index contributed by atoms with van der Waals surface area (Å²) in [6.45, 7) is 3.28. The number of imidazole rings is 1. The number of hydrogen-bond acceptors (Lipinski definition) is 3. The monoisotopic (exact) mass is 320 g/mol. The third kappa shape index (κ3) is 2.66. The van der Waals surface area contributed by atoms with E-state index in [1.54, 1.807) is 6.92 Å². The van der Waals surface area contributed by atoms with Crippen molar-refractivity contribution < 1.29 is 4.79 Å². The molecule has 2 aromatic heterocycles. The van der Waals surface area contributed by atoms with Gasteiger partial charge in [-0.1, -0.05) is 6.07 Å². The van der Waals surface area contributed by atoms with Gasteiger partial charge in [-0.15, -0.1) is 0 Å². The fourth-order valence-electron chi connectivity index (χ4n) is 3.50. The van der Waals surface area contributed by atoms with E-state index >= 15 is 0 Å². The summed E-state index contributed by atoms with van der Waals surface area (Å²) in [4.78, 5) is 22.4. The number of nitrogens with zero attached hydrogens (tertiary/aromatic N) is 4. The molecule has 3 aromatic rings. The van der Waals surface area contributed by atoms with Gasteiger partial charge in [0, 0.05) is 55.6 Å². The van der Waals surface area contributed by atoms with Crippen LogP contribution >= 0.6 is 0 Å². The first-order chi connectivity index (χ1) is 11.7. The lowest BCUT2D eigenvalue weighted by atomic mass is 10.0. The number of pyridine rings is 1. The molecule has 0 atom stereocenters. The predicted octanol–water partition coefficient (Wildman–Crippen LogP) is 3.28. The first kappa shape index (κ1) is 14.9. The number of benzene rings is 1. The average molecular weight is 320 g/mol. The van der Waals surface area contributed by atoms with Crippen molar-refractivity contribution in [3.8, 4) is 11.4 Å². The number of aromatic nitrogens is 3. The Morgan fingerprint density at radius 1 is 1.12 bits per heavy atom. The summed E-state index contributed by atoms with van der Waals surface area (Å²) >= 11 is 0. The van der Waals surface area contributed by atoms with E-state index in [1.807, 2.05) is 29.4 Å². The third-order valence-corrected chi connectivity index (χ3v) is 4.83. The molecule has 1 aliphatic heterocycles. The molecule has 4 rings (SSSR count). The minimum Gasteiger partial charge on any atom is -0.343 e. The molecule has 0 bridgehead atoms. The summed E-state index contributed by atoms with van der Waals surface area (Å²) in [6.07, 6.45) is 7.67. The third-order valence-electron chi connectivity index (χ3n) is 4.83. The summed E-state index contributed by atoms with van der Waals surface area (Å²) in [5, 5.41) is 1.12. The Morgan fingerprint density at radius 3 is 2.75 bits per heavy atom. The Morgan fingerprint density at radius 2 is 1.96 bits per heavy atom. The lowest BCUT2D eigenvalue weighted by molar-refractivity contribution is -0.130. The largest absolute Gasteiger partial charge is 0.343 e. The number of carbonyl (C=O) groups excluding carboxylic acids is 1. The normalized spacial score (nSPS) is 15.8. The highest BCUT2D eigenvalue weighted by atomic mass is 16.2. The van der Waals surface area contributed by atoms with Crippen molar-refractivity contribution >= 4 is 16.8 Å². The van der Waals surface area contributed by atoms with Crippen molar-refractivity contribution in [1.29, 1.82) is 0 Å². The standard InChI is InChI=1S/C19H20N4O/c1-14(24)22-10-6-17(7-11-22)23-12-9-21-19(23)16-4-5-18-15(13-16)3-2-8-20-18/h2-5,8-9,12-13,17H,6-7,10-11H2,1H3. The van der Waals surface area contributed by atoms with Crippen LogP contribution in [0.25, 0.3) is 22.3 Å². The molecule has 5 nitrogen and oxygen atoms in total. The van der Waals surface area contributed by atoms with Crippen molar-refractivity contribution in [2.24, 2.45) is 0 Å². The van der Waals surface area contributed by atoms with Crippen molar-refractivity contribution in [2.75, 3.05) is 13.1 Å². The van der Waals surface area contributed by atoms with Crippen LogP contribution in [0.3, 0.4) is 0 Å². The zero-order chi connectivity index (χ0) is 16.5. The van der Waals surface area contributed by atoms with Gasteiger partial charge in [0.25, 0.3) is 0 Å². The molecule has 1 aliphatic rings. The van der Waals surface area contributed by atoms with E-state index in [1.165, 1.54) is 0 Å². The van der Waals surface area contributed by atoms with Gasteiger partial charge in [-0.2, -0.15) is 0 Å². The van der Waals surface area contributed by atoms with Crippen LogP contribution in [0.5, 0.6) is 0 Å². The van der Waals surface area contributed by atoms with Crippen molar-refractivity contribution in [3.63, 3.8) is 0 Å². The lowest BCUT2D eigenvalue weighted by Crippen LogP contribution is -2.37. The molecule has 1 fully saturated rings. The highest BCUT2D eigenvalue weighted by Gasteiger charge is 2.23. The molecule has 5 heteroatoms. The topological polar surface area (TPSA) is 51.0 Å². The van der Waals surface area contributed by atoms with E-state index < -0.39 is 0 Å². The summed E-state index contributed by atoms with van der Waals surface area (Å²) in [6, 6.07) is 10.7. The Labute approximate surface area is 140 Å². The lowest BCUT2D eigenvalue weighted by Gasteiger charge is -2.32. The van der Waals surface area contributed by atoms with Crippen molar-refractivity contribution in [3.05, 3.63) is 48.9 Å². The van der Waals surface area contributed by atoms with Gasteiger partial charge in [0.1, 0.15) is 5.82 Å². The van der Waals surface area contributed by atoms with Crippen LogP contribution in [0.2, 0.25) is 0 Å². The van der Waals surface area contributed by atoms with E-state index in [-0.39, 0.29) is 5.91 Å². The number of fused-ring (bicyclic) bond motifs is 1. The number of amides is 1. The van der Waals surface area contributed by atoms with Gasteiger partial charge in [0.05, 0.1) is 5.52 Å². The summed E-state index contributed by atoms with van der Waals surface area (Å²) in [5.41, 5.74) is 2.10. The Balaban J connectivity index is 1.63. The van der Waals surface area contributed by atoms with Gasteiger partial charge in [-0.25, -0.2) is 4.98 Å². The van der Waals surface area contributed by atoms with Gasteiger partial charge in [0.2, 0.25) is 5.91 Å². The molecule has 3 heterocycles. The SMILES string of the molecule is CC(=O)N1CCC(n2ccnc2-c2ccc3ncccc3c2)CC1. The molecular formula is C19H20N4O. The van der Waals surface area contributed by atoms with Crippen LogP contribution in [0.15, 0.2) is 48.9 Å². The molecule has 0 N–H and O–H groups in total. The number of carbonyl (C=O) groups is 1. The maximum atomic E-state index is 11.5. The van der Waals surface area contributed by atoms with E-state index in [9.17, 15) is 4.79 Å². The van der Waals surface area contributed by atoms with E-state index in [2.05, 4.69) is 38.9 Å². The van der Waals surface area contributed by atoms with Crippen LogP contribution in [-0.4, -0.2) is 38.4 Å². The number of hydrogen-bond donors (Lipinski definition) is 0. The first-order valence-corrected chi connectivity index (χ1v) is 8.36. The zero-order valence-corrected chi connectivity index (χ0v) is 13.7. The smallest absolute Gasteiger partial charge is 0.219 e. The van der Waals surface area contributed by atoms with E-state index in [4.69, 9.17) is 0 Å². The van der Waals surface area contributed by atoms with E-state index in [0.717, 1.165) is 48.2 Å². The van der Waals surface area contributed by atoms with Crippen LogP contribution in [0.1, 0.15) is 25.8 Å². The van der Waals surface area contributed by atoms with Gasteiger partial charge < -0.3 is 9.47 Å². The molecule has 1 saturated heterocycles. The van der Waals surface area contributed by atoms with Crippen LogP contribution < -0.4 is 0 Å². The van der Waals surface area contributed by atoms with Crippen LogP contribution in [-0.2, 0) is 4.79 Å². The Hall–Kier alpha value is -2.69. The maximum absolute atomic E-state index is 11.5. The maximum Gasteiger partial charge on any atom is 0.219 e. The molecule has 1 aromatic carbocycles. The Bertz CT molecular complexity index is 878. The summed E-state index contributed by atoms with van der Waals surface area (Å²) in [7, 11) is 0. The highest BCUT2D eigenvalue weighted by Crippen LogP contribution is 2.29. The minimum atomic E-state index is 0.168. The summed E-state index contributed by atoms with van der Waals surface area (Å²) < 4.78 is 2.26. The van der Waals surface area contributed by atoms with E-state index in [0.29, 0.717) is 6.04 Å². The molecular weight excluding hydrogens is 300 g/mol. The minimum absolute atomic E-state index is 0.168.